The minimum atomic E-state index is -4.57. The molecule has 2 fully saturated rings. The van der Waals surface area contributed by atoms with Gasteiger partial charge in [0.25, 0.3) is 5.56 Å². The van der Waals surface area contributed by atoms with E-state index in [1.807, 2.05) is 0 Å². The smallest absolute Gasteiger partial charge is 0.302 e. The lowest BCUT2D eigenvalue weighted by molar-refractivity contribution is -0.141. The van der Waals surface area contributed by atoms with Gasteiger partial charge in [-0.2, -0.15) is 13.2 Å². The third-order valence-electron chi connectivity index (χ3n) is 5.51. The average molecular weight is 372 g/mol. The second kappa shape index (κ2) is 8.52. The van der Waals surface area contributed by atoms with Gasteiger partial charge in [-0.25, -0.2) is 4.98 Å². The monoisotopic (exact) mass is 372 g/mol. The van der Waals surface area contributed by atoms with Crippen LogP contribution in [0, 0.1) is 5.92 Å². The number of piperidine rings is 2. The van der Waals surface area contributed by atoms with Gasteiger partial charge in [0.15, 0.2) is 5.69 Å². The standard InChI is InChI=1S/C18H27F3N4O/c19-18(20,21)16-12-17(26)25(14-22-16)13-15-4-8-24(9-5-15)11-10-23-6-2-1-3-7-23/h12,14-15H,1-11,13H2. The topological polar surface area (TPSA) is 41.4 Å². The molecule has 0 unspecified atom stereocenters. The van der Waals surface area contributed by atoms with E-state index in [1.165, 1.54) is 36.9 Å². The SMILES string of the molecule is O=c1cc(C(F)(F)F)ncn1CC1CCN(CCN2CCCCC2)CC1. The van der Waals surface area contributed by atoms with Crippen molar-refractivity contribution in [2.24, 2.45) is 5.92 Å². The zero-order valence-electron chi connectivity index (χ0n) is 15.0. The Hall–Kier alpha value is -1.41. The van der Waals surface area contributed by atoms with E-state index >= 15 is 0 Å². The molecule has 2 aliphatic heterocycles. The maximum absolute atomic E-state index is 12.6. The molecule has 0 spiro atoms. The Morgan fingerprint density at radius 3 is 2.19 bits per heavy atom. The first kappa shape index (κ1) is 19.4. The number of rotatable bonds is 5. The molecule has 8 heteroatoms. The second-order valence-corrected chi connectivity index (χ2v) is 7.45. The molecule has 0 aromatic carbocycles. The summed E-state index contributed by atoms with van der Waals surface area (Å²) in [5.41, 5.74) is -1.74. The molecule has 1 aromatic heterocycles. The molecule has 2 aliphatic rings. The Bertz CT molecular complexity index is 632. The highest BCUT2D eigenvalue weighted by molar-refractivity contribution is 5.03. The van der Waals surface area contributed by atoms with Crippen molar-refractivity contribution in [3.05, 3.63) is 28.4 Å². The minimum absolute atomic E-state index is 0.317. The van der Waals surface area contributed by atoms with E-state index in [0.29, 0.717) is 18.5 Å². The van der Waals surface area contributed by atoms with Crippen LogP contribution in [-0.4, -0.2) is 58.6 Å². The largest absolute Gasteiger partial charge is 0.433 e. The van der Waals surface area contributed by atoms with Crippen LogP contribution in [0.3, 0.4) is 0 Å². The molecule has 0 aliphatic carbocycles. The molecular weight excluding hydrogens is 345 g/mol. The van der Waals surface area contributed by atoms with Gasteiger partial charge in [0.2, 0.25) is 0 Å². The first-order chi connectivity index (χ1) is 12.4. The van der Waals surface area contributed by atoms with Crippen LogP contribution in [0.25, 0.3) is 0 Å². The summed E-state index contributed by atoms with van der Waals surface area (Å²) >= 11 is 0. The van der Waals surface area contributed by atoms with Crippen molar-refractivity contribution in [1.82, 2.24) is 19.4 Å². The highest BCUT2D eigenvalue weighted by Crippen LogP contribution is 2.26. The predicted octanol–water partition coefficient (Wildman–Crippen LogP) is 2.46. The minimum Gasteiger partial charge on any atom is -0.302 e. The number of hydrogen-bond acceptors (Lipinski definition) is 4. The van der Waals surface area contributed by atoms with Crippen LogP contribution >= 0.6 is 0 Å². The van der Waals surface area contributed by atoms with Crippen molar-refractivity contribution in [3.63, 3.8) is 0 Å². The number of nitrogens with zero attached hydrogens (tertiary/aromatic N) is 4. The zero-order valence-corrected chi connectivity index (χ0v) is 15.0. The summed E-state index contributed by atoms with van der Waals surface area (Å²) < 4.78 is 39.1. The number of likely N-dealkylation sites (tertiary alicyclic amines) is 2. The summed E-state index contributed by atoms with van der Waals surface area (Å²) in [6.07, 6.45) is 2.35. The van der Waals surface area contributed by atoms with Crippen LogP contribution in [-0.2, 0) is 12.7 Å². The fraction of sp³-hybridized carbons (Fsp3) is 0.778. The molecule has 3 rings (SSSR count). The number of halogens is 3. The van der Waals surface area contributed by atoms with E-state index in [9.17, 15) is 18.0 Å². The van der Waals surface area contributed by atoms with Crippen molar-refractivity contribution >= 4 is 0 Å². The molecule has 26 heavy (non-hydrogen) atoms. The first-order valence-corrected chi connectivity index (χ1v) is 9.50. The Kier molecular flexibility index (Phi) is 6.34. The lowest BCUT2D eigenvalue weighted by atomic mass is 9.96. The Labute approximate surface area is 151 Å². The Morgan fingerprint density at radius 1 is 1.00 bits per heavy atom. The molecule has 0 bridgehead atoms. The quantitative estimate of drug-likeness (QED) is 0.796. The molecule has 1 aromatic rings. The molecule has 0 N–H and O–H groups in total. The van der Waals surface area contributed by atoms with Gasteiger partial charge in [0.05, 0.1) is 6.33 Å². The van der Waals surface area contributed by atoms with Crippen LogP contribution in [0.4, 0.5) is 13.2 Å². The Morgan fingerprint density at radius 2 is 1.62 bits per heavy atom. The fourth-order valence-electron chi connectivity index (χ4n) is 3.85. The molecule has 3 heterocycles. The zero-order chi connectivity index (χ0) is 18.6. The third kappa shape index (κ3) is 5.30. The van der Waals surface area contributed by atoms with Gasteiger partial charge < -0.3 is 9.80 Å². The van der Waals surface area contributed by atoms with Crippen molar-refractivity contribution in [1.29, 1.82) is 0 Å². The number of aromatic nitrogens is 2. The highest BCUT2D eigenvalue weighted by atomic mass is 19.4. The summed E-state index contributed by atoms with van der Waals surface area (Å²) in [7, 11) is 0. The van der Waals surface area contributed by atoms with E-state index in [4.69, 9.17) is 0 Å². The first-order valence-electron chi connectivity index (χ1n) is 9.50. The van der Waals surface area contributed by atoms with Gasteiger partial charge in [0.1, 0.15) is 0 Å². The van der Waals surface area contributed by atoms with Crippen LogP contribution in [0.5, 0.6) is 0 Å². The normalized spacial score (nSPS) is 21.2. The Balaban J connectivity index is 1.44. The predicted molar refractivity (Wildman–Crippen MR) is 93.0 cm³/mol. The summed E-state index contributed by atoms with van der Waals surface area (Å²) in [6.45, 7) is 7.04. The van der Waals surface area contributed by atoms with Gasteiger partial charge in [-0.15, -0.1) is 0 Å². The van der Waals surface area contributed by atoms with E-state index in [-0.39, 0.29) is 0 Å². The van der Waals surface area contributed by atoms with Crippen LogP contribution in [0.1, 0.15) is 37.8 Å². The van der Waals surface area contributed by atoms with Gasteiger partial charge in [-0.1, -0.05) is 6.42 Å². The second-order valence-electron chi connectivity index (χ2n) is 7.45. The maximum atomic E-state index is 12.6. The van der Waals surface area contributed by atoms with Crippen LogP contribution < -0.4 is 5.56 Å². The van der Waals surface area contributed by atoms with Gasteiger partial charge >= 0.3 is 6.18 Å². The van der Waals surface area contributed by atoms with E-state index in [1.54, 1.807) is 0 Å². The van der Waals surface area contributed by atoms with Crippen molar-refractivity contribution in [3.8, 4) is 0 Å². The van der Waals surface area contributed by atoms with E-state index in [2.05, 4.69) is 14.8 Å². The molecular formula is C18H27F3N4O. The van der Waals surface area contributed by atoms with E-state index < -0.39 is 17.4 Å². The van der Waals surface area contributed by atoms with Crippen molar-refractivity contribution in [2.75, 3.05) is 39.3 Å². The van der Waals surface area contributed by atoms with Gasteiger partial charge in [-0.05, 0) is 57.8 Å². The maximum Gasteiger partial charge on any atom is 0.433 e. The van der Waals surface area contributed by atoms with Gasteiger partial charge in [-0.3, -0.25) is 9.36 Å². The van der Waals surface area contributed by atoms with Crippen LogP contribution in [0.15, 0.2) is 17.2 Å². The fourth-order valence-corrected chi connectivity index (χ4v) is 3.85. The van der Waals surface area contributed by atoms with Crippen molar-refractivity contribution < 1.29 is 13.2 Å². The molecule has 2 saturated heterocycles. The molecule has 0 radical (unpaired) electrons. The summed E-state index contributed by atoms with van der Waals surface area (Å²) in [5, 5.41) is 0. The molecule has 0 atom stereocenters. The van der Waals surface area contributed by atoms with Crippen LogP contribution in [0.2, 0.25) is 0 Å². The molecule has 0 saturated carbocycles. The highest BCUT2D eigenvalue weighted by Gasteiger charge is 2.33. The number of alkyl halides is 3. The lowest BCUT2D eigenvalue weighted by Crippen LogP contribution is -2.42. The third-order valence-corrected chi connectivity index (χ3v) is 5.51. The van der Waals surface area contributed by atoms with Gasteiger partial charge in [0, 0.05) is 25.7 Å². The average Bonchev–Trinajstić information content (AvgIpc) is 2.63. The molecule has 5 nitrogen and oxygen atoms in total. The van der Waals surface area contributed by atoms with E-state index in [0.717, 1.165) is 45.3 Å². The molecule has 0 amide bonds. The number of hydrogen-bond donors (Lipinski definition) is 0. The summed E-state index contributed by atoms with van der Waals surface area (Å²) in [5.74, 6) is 0.317. The molecule has 146 valence electrons. The summed E-state index contributed by atoms with van der Waals surface area (Å²) in [4.78, 5) is 20.3. The van der Waals surface area contributed by atoms with Crippen molar-refractivity contribution in [2.45, 2.75) is 44.8 Å². The summed E-state index contributed by atoms with van der Waals surface area (Å²) in [6, 6.07) is 0.591. The lowest BCUT2D eigenvalue weighted by Gasteiger charge is -2.34.